The Morgan fingerprint density at radius 3 is 2.83 bits per heavy atom. The average Bonchev–Trinajstić information content (AvgIpc) is 2.94. The molecule has 1 aromatic heterocycles. The van der Waals surface area contributed by atoms with Gasteiger partial charge in [-0.1, -0.05) is 41.4 Å². The number of carbonyl (C=O) groups is 1. The van der Waals surface area contributed by atoms with E-state index in [1.54, 1.807) is 18.2 Å². The van der Waals surface area contributed by atoms with E-state index in [1.807, 2.05) is 30.5 Å². The van der Waals surface area contributed by atoms with Gasteiger partial charge < -0.3 is 16.0 Å². The van der Waals surface area contributed by atoms with Gasteiger partial charge >= 0.3 is 0 Å². The summed E-state index contributed by atoms with van der Waals surface area (Å²) in [6.45, 7) is 0. The van der Waals surface area contributed by atoms with Crippen LogP contribution in [0.1, 0.15) is 5.56 Å². The normalized spacial score (nSPS) is 12.3. The number of amides is 1. The Morgan fingerprint density at radius 1 is 1.22 bits per heavy atom. The molecule has 0 saturated heterocycles. The van der Waals surface area contributed by atoms with Gasteiger partial charge in [0.15, 0.2) is 0 Å². The summed E-state index contributed by atoms with van der Waals surface area (Å²) in [6, 6.07) is 12.1. The molecule has 3 aromatic rings. The van der Waals surface area contributed by atoms with Crippen molar-refractivity contribution in [1.29, 1.82) is 0 Å². The topological polar surface area (TPSA) is 70.9 Å². The van der Waals surface area contributed by atoms with Crippen LogP contribution in [0.4, 0.5) is 5.69 Å². The van der Waals surface area contributed by atoms with Gasteiger partial charge in [0.25, 0.3) is 0 Å². The van der Waals surface area contributed by atoms with E-state index in [9.17, 15) is 4.79 Å². The monoisotopic (exact) mass is 347 g/mol. The van der Waals surface area contributed by atoms with E-state index >= 15 is 0 Å². The highest BCUT2D eigenvalue weighted by Gasteiger charge is 2.17. The fourth-order valence-corrected chi connectivity index (χ4v) is 2.79. The number of nitrogens with one attached hydrogen (secondary N) is 2. The van der Waals surface area contributed by atoms with E-state index in [2.05, 4.69) is 10.3 Å². The molecular weight excluding hydrogens is 333 g/mol. The van der Waals surface area contributed by atoms with E-state index in [0.717, 1.165) is 16.5 Å². The smallest absolute Gasteiger partial charge is 0.241 e. The molecule has 23 heavy (non-hydrogen) atoms. The van der Waals surface area contributed by atoms with Gasteiger partial charge in [0, 0.05) is 22.1 Å². The summed E-state index contributed by atoms with van der Waals surface area (Å²) >= 11 is 12.0. The summed E-state index contributed by atoms with van der Waals surface area (Å²) in [5.41, 5.74) is 8.51. The van der Waals surface area contributed by atoms with Crippen LogP contribution < -0.4 is 11.1 Å². The third-order valence-corrected chi connectivity index (χ3v) is 4.20. The third-order valence-electron chi connectivity index (χ3n) is 3.64. The maximum atomic E-state index is 12.3. The van der Waals surface area contributed by atoms with Gasteiger partial charge in [0.05, 0.1) is 16.8 Å². The van der Waals surface area contributed by atoms with Crippen molar-refractivity contribution < 1.29 is 4.79 Å². The van der Waals surface area contributed by atoms with Gasteiger partial charge in [0.2, 0.25) is 5.91 Å². The lowest BCUT2D eigenvalue weighted by Gasteiger charge is -2.13. The maximum Gasteiger partial charge on any atom is 0.241 e. The van der Waals surface area contributed by atoms with Crippen LogP contribution in [0.2, 0.25) is 10.0 Å². The highest BCUT2D eigenvalue weighted by molar-refractivity contribution is 6.35. The number of aromatic nitrogens is 1. The predicted octanol–water partition coefficient (Wildman–Crippen LogP) is 3.98. The summed E-state index contributed by atoms with van der Waals surface area (Å²) in [6.07, 6.45) is 2.30. The van der Waals surface area contributed by atoms with Crippen molar-refractivity contribution in [2.75, 3.05) is 5.32 Å². The first-order chi connectivity index (χ1) is 11.0. The van der Waals surface area contributed by atoms with Crippen LogP contribution in [-0.4, -0.2) is 16.9 Å². The van der Waals surface area contributed by atoms with Crippen molar-refractivity contribution in [2.24, 2.45) is 5.73 Å². The molecular formula is C17H15Cl2N3O. The number of aromatic amines is 1. The summed E-state index contributed by atoms with van der Waals surface area (Å²) in [4.78, 5) is 15.5. The van der Waals surface area contributed by atoms with Crippen molar-refractivity contribution in [1.82, 2.24) is 4.98 Å². The second-order valence-electron chi connectivity index (χ2n) is 5.28. The van der Waals surface area contributed by atoms with Gasteiger partial charge in [0.1, 0.15) is 0 Å². The lowest BCUT2D eigenvalue weighted by molar-refractivity contribution is -0.117. The van der Waals surface area contributed by atoms with E-state index < -0.39 is 6.04 Å². The highest BCUT2D eigenvalue weighted by atomic mass is 35.5. The minimum Gasteiger partial charge on any atom is -0.361 e. The van der Waals surface area contributed by atoms with Gasteiger partial charge in [-0.25, -0.2) is 0 Å². The summed E-state index contributed by atoms with van der Waals surface area (Å²) < 4.78 is 0. The van der Waals surface area contributed by atoms with Crippen LogP contribution >= 0.6 is 23.2 Å². The number of benzene rings is 2. The maximum absolute atomic E-state index is 12.3. The van der Waals surface area contributed by atoms with Crippen molar-refractivity contribution in [2.45, 2.75) is 12.5 Å². The second kappa shape index (κ2) is 6.62. The number of fused-ring (bicyclic) bond motifs is 1. The van der Waals surface area contributed by atoms with E-state index in [1.165, 1.54) is 0 Å². The molecule has 2 aromatic carbocycles. The Morgan fingerprint density at radius 2 is 2.00 bits per heavy atom. The number of halogens is 2. The van der Waals surface area contributed by atoms with Crippen molar-refractivity contribution in [3.63, 3.8) is 0 Å². The number of hydrogen-bond donors (Lipinski definition) is 3. The van der Waals surface area contributed by atoms with Gasteiger partial charge in [-0.05, 0) is 36.2 Å². The van der Waals surface area contributed by atoms with Crippen LogP contribution in [0.3, 0.4) is 0 Å². The summed E-state index contributed by atoms with van der Waals surface area (Å²) in [7, 11) is 0. The Hall–Kier alpha value is -2.01. The molecule has 3 rings (SSSR count). The zero-order valence-corrected chi connectivity index (χ0v) is 13.7. The molecule has 1 amide bonds. The van der Waals surface area contributed by atoms with Gasteiger partial charge in [-0.3, -0.25) is 4.79 Å². The standard InChI is InChI=1S/C17H15Cl2N3O/c18-11-5-6-13(19)16(8-11)22-17(23)14(20)7-10-9-21-15-4-2-1-3-12(10)15/h1-6,8-9,14,21H,7,20H2,(H,22,23). The van der Waals surface area contributed by atoms with Crippen molar-refractivity contribution in [3.05, 3.63) is 64.3 Å². The van der Waals surface area contributed by atoms with Crippen LogP contribution in [0.15, 0.2) is 48.7 Å². The average molecular weight is 348 g/mol. The molecule has 0 saturated carbocycles. The Kier molecular flexibility index (Phi) is 4.57. The Labute approximate surface area is 143 Å². The number of anilines is 1. The molecule has 4 N–H and O–H groups in total. The molecule has 0 fully saturated rings. The lowest BCUT2D eigenvalue weighted by Crippen LogP contribution is -2.37. The van der Waals surface area contributed by atoms with Crippen LogP contribution in [0.5, 0.6) is 0 Å². The number of hydrogen-bond acceptors (Lipinski definition) is 2. The van der Waals surface area contributed by atoms with E-state index in [0.29, 0.717) is 22.2 Å². The minimum absolute atomic E-state index is 0.306. The van der Waals surface area contributed by atoms with Crippen LogP contribution in [0.25, 0.3) is 10.9 Å². The molecule has 0 aliphatic heterocycles. The van der Waals surface area contributed by atoms with Gasteiger partial charge in [-0.15, -0.1) is 0 Å². The molecule has 4 nitrogen and oxygen atoms in total. The van der Waals surface area contributed by atoms with Crippen LogP contribution in [-0.2, 0) is 11.2 Å². The van der Waals surface area contributed by atoms with Crippen LogP contribution in [0, 0.1) is 0 Å². The molecule has 0 aliphatic rings. The number of H-pyrrole nitrogens is 1. The zero-order chi connectivity index (χ0) is 16.4. The molecule has 0 bridgehead atoms. The molecule has 1 unspecified atom stereocenters. The molecule has 0 aliphatic carbocycles. The minimum atomic E-state index is -0.691. The number of para-hydroxylation sites is 1. The first-order valence-corrected chi connectivity index (χ1v) is 7.86. The first kappa shape index (κ1) is 15.9. The van der Waals surface area contributed by atoms with Gasteiger partial charge in [-0.2, -0.15) is 0 Å². The highest BCUT2D eigenvalue weighted by Crippen LogP contribution is 2.26. The Balaban J connectivity index is 1.74. The molecule has 6 heteroatoms. The third kappa shape index (κ3) is 3.50. The largest absolute Gasteiger partial charge is 0.361 e. The molecule has 0 spiro atoms. The fraction of sp³-hybridized carbons (Fsp3) is 0.118. The second-order valence-corrected chi connectivity index (χ2v) is 6.13. The number of nitrogens with two attached hydrogens (primary N) is 1. The molecule has 118 valence electrons. The van der Waals surface area contributed by atoms with E-state index in [4.69, 9.17) is 28.9 Å². The Bertz CT molecular complexity index is 860. The molecule has 1 heterocycles. The quantitative estimate of drug-likeness (QED) is 0.667. The predicted molar refractivity (Wildman–Crippen MR) is 95.1 cm³/mol. The summed E-state index contributed by atoms with van der Waals surface area (Å²) in [5.74, 6) is -0.306. The fourth-order valence-electron chi connectivity index (χ4n) is 2.45. The number of rotatable bonds is 4. The van der Waals surface area contributed by atoms with Crippen molar-refractivity contribution >= 4 is 45.7 Å². The lowest BCUT2D eigenvalue weighted by atomic mass is 10.0. The molecule has 1 atom stereocenters. The first-order valence-electron chi connectivity index (χ1n) is 7.11. The van der Waals surface area contributed by atoms with E-state index in [-0.39, 0.29) is 5.91 Å². The number of carbonyl (C=O) groups excluding carboxylic acids is 1. The SMILES string of the molecule is NC(Cc1c[nH]c2ccccc12)C(=O)Nc1cc(Cl)ccc1Cl. The zero-order valence-electron chi connectivity index (χ0n) is 12.1. The molecule has 0 radical (unpaired) electrons. The summed E-state index contributed by atoms with van der Waals surface area (Å²) in [5, 5.41) is 4.70. The van der Waals surface area contributed by atoms with Crippen molar-refractivity contribution in [3.8, 4) is 0 Å².